The normalized spacial score (nSPS) is 14.8. The fraction of sp³-hybridized carbons (Fsp3) is 0.263. The number of alkyl halides is 1. The second-order valence-electron chi connectivity index (χ2n) is 6.29. The second-order valence-corrected chi connectivity index (χ2v) is 6.29. The van der Waals surface area contributed by atoms with Crippen LogP contribution in [-0.2, 0) is 11.3 Å². The Labute approximate surface area is 139 Å². The molecule has 3 aromatic rings. The molecule has 122 valence electrons. The third-order valence-electron chi connectivity index (χ3n) is 4.50. The van der Waals surface area contributed by atoms with E-state index in [1.807, 2.05) is 54.2 Å². The van der Waals surface area contributed by atoms with E-state index < -0.39 is 6.17 Å². The highest BCUT2D eigenvalue weighted by atomic mass is 19.1. The van der Waals surface area contributed by atoms with Gasteiger partial charge in [0.1, 0.15) is 12.7 Å². The van der Waals surface area contributed by atoms with Gasteiger partial charge in [0.25, 0.3) is 0 Å². The number of likely N-dealkylation sites (tertiary alicyclic amines) is 1. The van der Waals surface area contributed by atoms with Gasteiger partial charge < -0.3 is 9.47 Å². The summed E-state index contributed by atoms with van der Waals surface area (Å²) in [5, 5.41) is 0. The van der Waals surface area contributed by atoms with E-state index >= 15 is 0 Å². The Balaban J connectivity index is 1.69. The molecule has 1 aliphatic heterocycles. The number of nitrogens with zero attached hydrogens (tertiary/aromatic N) is 3. The number of rotatable bonds is 3. The molecule has 2 aromatic heterocycles. The van der Waals surface area contributed by atoms with E-state index in [-0.39, 0.29) is 25.5 Å². The van der Waals surface area contributed by atoms with Crippen molar-refractivity contribution in [1.29, 1.82) is 0 Å². The van der Waals surface area contributed by atoms with Gasteiger partial charge in [-0.05, 0) is 24.1 Å². The molecule has 24 heavy (non-hydrogen) atoms. The number of carbonyl (C=O) groups excluding carboxylic acids is 1. The van der Waals surface area contributed by atoms with Crippen LogP contribution in [0.5, 0.6) is 0 Å². The molecule has 4 nitrogen and oxygen atoms in total. The molecule has 1 saturated heterocycles. The first-order valence-corrected chi connectivity index (χ1v) is 8.04. The molecule has 0 aliphatic carbocycles. The minimum atomic E-state index is -0.872. The standard InChI is InChI=1S/C19H18FN3O/c1-13-9-22(12-18(24)23-10-16(20)11-23)17-7-15(8-21-19(13)17)14-5-3-2-4-6-14/h2-9,16H,10-12H2,1H3. The summed E-state index contributed by atoms with van der Waals surface area (Å²) in [6.07, 6.45) is 2.93. The molecule has 0 spiro atoms. The van der Waals surface area contributed by atoms with E-state index in [0.29, 0.717) is 0 Å². The van der Waals surface area contributed by atoms with Crippen molar-refractivity contribution in [2.45, 2.75) is 19.6 Å². The first-order valence-electron chi connectivity index (χ1n) is 8.04. The van der Waals surface area contributed by atoms with Gasteiger partial charge in [-0.1, -0.05) is 30.3 Å². The molecule has 0 atom stereocenters. The minimum Gasteiger partial charge on any atom is -0.336 e. The van der Waals surface area contributed by atoms with E-state index in [9.17, 15) is 9.18 Å². The van der Waals surface area contributed by atoms with Crippen molar-refractivity contribution in [3.05, 3.63) is 54.4 Å². The van der Waals surface area contributed by atoms with Crippen molar-refractivity contribution in [1.82, 2.24) is 14.5 Å². The molecule has 4 rings (SSSR count). The fourth-order valence-corrected chi connectivity index (χ4v) is 3.13. The molecule has 0 saturated carbocycles. The van der Waals surface area contributed by atoms with Crippen molar-refractivity contribution >= 4 is 16.9 Å². The summed E-state index contributed by atoms with van der Waals surface area (Å²) in [5.74, 6) is -0.0501. The average Bonchev–Trinajstić information content (AvgIpc) is 2.88. The zero-order chi connectivity index (χ0) is 16.7. The van der Waals surface area contributed by atoms with Crippen LogP contribution in [0.25, 0.3) is 22.2 Å². The Morgan fingerprint density at radius 2 is 2.00 bits per heavy atom. The maximum absolute atomic E-state index is 13.0. The predicted molar refractivity (Wildman–Crippen MR) is 91.4 cm³/mol. The summed E-state index contributed by atoms with van der Waals surface area (Å²) in [4.78, 5) is 18.4. The number of amides is 1. The monoisotopic (exact) mass is 323 g/mol. The summed E-state index contributed by atoms with van der Waals surface area (Å²) in [6.45, 7) is 2.63. The van der Waals surface area contributed by atoms with Crippen LogP contribution < -0.4 is 0 Å². The summed E-state index contributed by atoms with van der Waals surface area (Å²) in [7, 11) is 0. The topological polar surface area (TPSA) is 38.1 Å². The molecule has 5 heteroatoms. The molecule has 1 aromatic carbocycles. The maximum atomic E-state index is 13.0. The van der Waals surface area contributed by atoms with Gasteiger partial charge in [0.2, 0.25) is 5.91 Å². The number of halogens is 1. The number of hydrogen-bond acceptors (Lipinski definition) is 2. The molecule has 0 radical (unpaired) electrons. The van der Waals surface area contributed by atoms with Crippen molar-refractivity contribution in [3.63, 3.8) is 0 Å². The average molecular weight is 323 g/mol. The van der Waals surface area contributed by atoms with Gasteiger partial charge in [0.15, 0.2) is 0 Å². The number of benzene rings is 1. The highest BCUT2D eigenvalue weighted by molar-refractivity contribution is 5.86. The van der Waals surface area contributed by atoms with E-state index in [2.05, 4.69) is 11.1 Å². The van der Waals surface area contributed by atoms with E-state index in [4.69, 9.17) is 0 Å². The van der Waals surface area contributed by atoms with Crippen molar-refractivity contribution < 1.29 is 9.18 Å². The van der Waals surface area contributed by atoms with Crippen LogP contribution in [-0.4, -0.2) is 39.6 Å². The Kier molecular flexibility index (Phi) is 3.56. The van der Waals surface area contributed by atoms with Gasteiger partial charge in [-0.15, -0.1) is 0 Å². The number of aromatic nitrogens is 2. The third-order valence-corrected chi connectivity index (χ3v) is 4.50. The fourth-order valence-electron chi connectivity index (χ4n) is 3.13. The third kappa shape index (κ3) is 2.56. The Morgan fingerprint density at radius 1 is 1.25 bits per heavy atom. The summed E-state index contributed by atoms with van der Waals surface area (Å²) in [5.41, 5.74) is 4.97. The van der Waals surface area contributed by atoms with Gasteiger partial charge in [-0.25, -0.2) is 4.39 Å². The predicted octanol–water partition coefficient (Wildman–Crippen LogP) is 3.19. The lowest BCUT2D eigenvalue weighted by Crippen LogP contribution is -2.52. The van der Waals surface area contributed by atoms with Crippen LogP contribution in [0.3, 0.4) is 0 Å². The molecule has 1 fully saturated rings. The molecule has 0 N–H and O–H groups in total. The Hall–Kier alpha value is -2.69. The Bertz CT molecular complexity index is 898. The molecule has 0 unspecified atom stereocenters. The largest absolute Gasteiger partial charge is 0.336 e. The van der Waals surface area contributed by atoms with Crippen LogP contribution in [0.4, 0.5) is 4.39 Å². The van der Waals surface area contributed by atoms with Crippen LogP contribution in [0.15, 0.2) is 48.8 Å². The highest BCUT2D eigenvalue weighted by Crippen LogP contribution is 2.26. The molecular formula is C19H18FN3O. The van der Waals surface area contributed by atoms with Crippen molar-refractivity contribution in [2.24, 2.45) is 0 Å². The lowest BCUT2D eigenvalue weighted by molar-refractivity contribution is -0.138. The first kappa shape index (κ1) is 14.9. The van der Waals surface area contributed by atoms with Crippen LogP contribution in [0.1, 0.15) is 5.56 Å². The highest BCUT2D eigenvalue weighted by Gasteiger charge is 2.30. The number of hydrogen-bond donors (Lipinski definition) is 0. The first-order chi connectivity index (χ1) is 11.6. The van der Waals surface area contributed by atoms with Crippen LogP contribution in [0, 0.1) is 6.92 Å². The van der Waals surface area contributed by atoms with Crippen LogP contribution in [0.2, 0.25) is 0 Å². The SMILES string of the molecule is Cc1cn(CC(=O)N2CC(F)C2)c2cc(-c3ccccc3)cnc12. The second kappa shape index (κ2) is 5.74. The lowest BCUT2D eigenvalue weighted by Gasteiger charge is -2.34. The maximum Gasteiger partial charge on any atom is 0.242 e. The number of pyridine rings is 1. The number of fused-ring (bicyclic) bond motifs is 1. The van der Waals surface area contributed by atoms with E-state index in [0.717, 1.165) is 27.7 Å². The quantitative estimate of drug-likeness (QED) is 0.742. The summed E-state index contributed by atoms with van der Waals surface area (Å²) < 4.78 is 14.9. The molecular weight excluding hydrogens is 305 g/mol. The number of aryl methyl sites for hydroxylation is 1. The zero-order valence-electron chi connectivity index (χ0n) is 13.4. The summed E-state index contributed by atoms with van der Waals surface area (Å²) >= 11 is 0. The molecule has 1 aliphatic rings. The van der Waals surface area contributed by atoms with Gasteiger partial charge in [0.05, 0.1) is 24.1 Å². The molecule has 1 amide bonds. The van der Waals surface area contributed by atoms with Gasteiger partial charge in [-0.2, -0.15) is 0 Å². The van der Waals surface area contributed by atoms with Gasteiger partial charge in [0, 0.05) is 18.0 Å². The Morgan fingerprint density at radius 3 is 2.71 bits per heavy atom. The zero-order valence-corrected chi connectivity index (χ0v) is 13.4. The lowest BCUT2D eigenvalue weighted by atomic mass is 10.1. The van der Waals surface area contributed by atoms with Crippen molar-refractivity contribution in [2.75, 3.05) is 13.1 Å². The van der Waals surface area contributed by atoms with E-state index in [1.165, 1.54) is 0 Å². The van der Waals surface area contributed by atoms with Crippen molar-refractivity contribution in [3.8, 4) is 11.1 Å². The smallest absolute Gasteiger partial charge is 0.242 e. The summed E-state index contributed by atoms with van der Waals surface area (Å²) in [6, 6.07) is 12.1. The molecule has 0 bridgehead atoms. The van der Waals surface area contributed by atoms with Gasteiger partial charge >= 0.3 is 0 Å². The van der Waals surface area contributed by atoms with Gasteiger partial charge in [-0.3, -0.25) is 9.78 Å². The molecule has 3 heterocycles. The van der Waals surface area contributed by atoms with Crippen LogP contribution >= 0.6 is 0 Å². The number of carbonyl (C=O) groups is 1. The minimum absolute atomic E-state index is 0.0501. The van der Waals surface area contributed by atoms with E-state index in [1.54, 1.807) is 4.90 Å².